The van der Waals surface area contributed by atoms with Crippen molar-refractivity contribution in [1.82, 2.24) is 0 Å². The molecule has 0 bridgehead atoms. The third-order valence-corrected chi connectivity index (χ3v) is 6.44. The molecule has 1 heterocycles. The zero-order valence-electron chi connectivity index (χ0n) is 18.1. The minimum atomic E-state index is -0.331. The third-order valence-electron chi connectivity index (χ3n) is 5.25. The molecule has 3 aromatic rings. The van der Waals surface area contributed by atoms with E-state index in [1.165, 1.54) is 4.88 Å². The zero-order valence-corrected chi connectivity index (χ0v) is 20.7. The van der Waals surface area contributed by atoms with E-state index in [-0.39, 0.29) is 11.7 Å². The number of carbonyl (C=O) groups excluding carboxylic acids is 1. The van der Waals surface area contributed by atoms with Crippen LogP contribution in [0.15, 0.2) is 71.7 Å². The molecule has 0 unspecified atom stereocenters. The summed E-state index contributed by atoms with van der Waals surface area (Å²) in [7, 11) is 4.20. The quantitative estimate of drug-likeness (QED) is 0.170. The van der Waals surface area contributed by atoms with Crippen molar-refractivity contribution in [1.29, 1.82) is 0 Å². The van der Waals surface area contributed by atoms with Gasteiger partial charge in [0.2, 0.25) is 0 Å². The van der Waals surface area contributed by atoms with Crippen molar-refractivity contribution in [2.75, 3.05) is 6.61 Å². The second-order valence-electron chi connectivity index (χ2n) is 7.35. The van der Waals surface area contributed by atoms with Gasteiger partial charge in [0.25, 0.3) is 0 Å². The number of allylic oxidation sites excluding steroid dienone is 1. The first-order chi connectivity index (χ1) is 16.2. The van der Waals surface area contributed by atoms with Gasteiger partial charge in [-0.3, -0.25) is 0 Å². The number of fused-ring (bicyclic) bond motifs is 1. The molecule has 175 valence electrons. The normalized spacial score (nSPS) is 13.6. The van der Waals surface area contributed by atoms with E-state index in [0.717, 1.165) is 36.8 Å². The van der Waals surface area contributed by atoms with Gasteiger partial charge in [-0.2, -0.15) is 0 Å². The molecule has 1 aliphatic rings. The van der Waals surface area contributed by atoms with Crippen LogP contribution in [0.3, 0.4) is 0 Å². The van der Waals surface area contributed by atoms with Crippen LogP contribution in [0.5, 0.6) is 0 Å². The van der Waals surface area contributed by atoms with Crippen LogP contribution in [-0.2, 0) is 32.7 Å². The van der Waals surface area contributed by atoms with E-state index >= 15 is 0 Å². The number of carbonyl (C=O) groups is 1. The molecule has 7 heteroatoms. The molecule has 0 radical (unpaired) electrons. The van der Waals surface area contributed by atoms with E-state index in [1.807, 2.05) is 48.5 Å². The molecule has 33 heavy (non-hydrogen) atoms. The van der Waals surface area contributed by atoms with Crippen molar-refractivity contribution < 1.29 is 29.7 Å². The van der Waals surface area contributed by atoms with Gasteiger partial charge in [-0.25, -0.2) is 9.79 Å². The SMILES string of the molecule is CCOC(=O)c1c(/N=C(\C=C([O-])c2ccccc2)c2ccccc2)sc2c1CCCC2.[Cl][Cu+]. The van der Waals surface area contributed by atoms with Crippen LogP contribution in [0.4, 0.5) is 5.00 Å². The standard InChI is InChI=1S/C26H25NO3S.ClH.Cu/c1-2-30-26(29)24-20-15-9-10-16-23(20)31-25(24)27-21(18-11-5-3-6-12-18)17-22(28)19-13-7-4-8-14-19;;/h3-8,11-14,17,28H,2,9-10,15-16H2,1H3;1H;/q;;+2/p-2/b22-17?,27-21+;;. The molecule has 1 aliphatic carbocycles. The molecule has 0 aliphatic heterocycles. The van der Waals surface area contributed by atoms with Crippen molar-refractivity contribution in [3.8, 4) is 0 Å². The van der Waals surface area contributed by atoms with Crippen molar-refractivity contribution in [2.45, 2.75) is 32.6 Å². The van der Waals surface area contributed by atoms with Crippen LogP contribution in [0, 0.1) is 0 Å². The van der Waals surface area contributed by atoms with Gasteiger partial charge in [-0.1, -0.05) is 66.4 Å². The molecule has 4 rings (SSSR count). The minimum absolute atomic E-state index is 0.123. The summed E-state index contributed by atoms with van der Waals surface area (Å²) in [5, 5.41) is 13.5. The summed E-state index contributed by atoms with van der Waals surface area (Å²) < 4.78 is 5.35. The average molecular weight is 530 g/mol. The molecule has 0 saturated heterocycles. The summed E-state index contributed by atoms with van der Waals surface area (Å²) in [5.41, 5.74) is 3.60. The Hall–Kier alpha value is -2.37. The number of hydrogen-bond acceptors (Lipinski definition) is 5. The first-order valence-corrected chi connectivity index (χ1v) is 12.8. The van der Waals surface area contributed by atoms with E-state index in [1.54, 1.807) is 36.5 Å². The number of halogens is 1. The molecule has 2 aromatic carbocycles. The monoisotopic (exact) mass is 528 g/mol. The molecule has 1 aromatic heterocycles. The number of aliphatic imine (C=N–C) groups is 1. The van der Waals surface area contributed by atoms with Gasteiger partial charge in [0.15, 0.2) is 0 Å². The number of benzene rings is 2. The van der Waals surface area contributed by atoms with Crippen LogP contribution in [0.25, 0.3) is 5.76 Å². The van der Waals surface area contributed by atoms with Gasteiger partial charge in [-0.15, -0.1) is 11.3 Å². The van der Waals surface area contributed by atoms with Crippen LogP contribution in [0.2, 0.25) is 0 Å². The summed E-state index contributed by atoms with van der Waals surface area (Å²) in [4.78, 5) is 18.9. The summed E-state index contributed by atoms with van der Waals surface area (Å²) in [6, 6.07) is 18.7. The number of nitrogens with zero attached hydrogens (tertiary/aromatic N) is 1. The van der Waals surface area contributed by atoms with Crippen molar-refractivity contribution in [3.05, 3.63) is 93.9 Å². The molecule has 0 atom stereocenters. The van der Waals surface area contributed by atoms with Gasteiger partial charge in [0.05, 0.1) is 17.9 Å². The Morgan fingerprint density at radius 3 is 2.30 bits per heavy atom. The fourth-order valence-corrected chi connectivity index (χ4v) is 5.01. The van der Waals surface area contributed by atoms with E-state index in [2.05, 4.69) is 25.2 Å². The Kier molecular flexibility index (Phi) is 9.76. The molecule has 0 spiro atoms. The van der Waals surface area contributed by atoms with Crippen LogP contribution >= 0.6 is 21.4 Å². The summed E-state index contributed by atoms with van der Waals surface area (Å²) in [6.45, 7) is 2.12. The Labute approximate surface area is 211 Å². The van der Waals surface area contributed by atoms with E-state index < -0.39 is 0 Å². The second kappa shape index (κ2) is 12.8. The summed E-state index contributed by atoms with van der Waals surface area (Å²) >= 11 is 5.20. The van der Waals surface area contributed by atoms with Crippen LogP contribution < -0.4 is 5.11 Å². The maximum atomic E-state index is 12.9. The number of rotatable bonds is 6. The number of aryl methyl sites for hydroxylation is 1. The van der Waals surface area contributed by atoms with Crippen molar-refractivity contribution in [3.63, 3.8) is 0 Å². The Morgan fingerprint density at radius 2 is 1.67 bits per heavy atom. The average Bonchev–Trinajstić information content (AvgIpc) is 3.24. The predicted octanol–water partition coefficient (Wildman–Crippen LogP) is 6.01. The van der Waals surface area contributed by atoms with Gasteiger partial charge in [0, 0.05) is 10.4 Å². The zero-order chi connectivity index (χ0) is 23.6. The van der Waals surface area contributed by atoms with E-state index in [0.29, 0.717) is 28.4 Å². The molecular weight excluding hydrogens is 505 g/mol. The van der Waals surface area contributed by atoms with Crippen molar-refractivity contribution in [2.24, 2.45) is 4.99 Å². The first-order valence-electron chi connectivity index (χ1n) is 10.7. The summed E-state index contributed by atoms with van der Waals surface area (Å²) in [6.07, 6.45) is 5.54. The molecular formula is C26H24ClCuNO3S. The molecule has 0 saturated carbocycles. The van der Waals surface area contributed by atoms with Gasteiger partial charge >= 0.3 is 31.2 Å². The van der Waals surface area contributed by atoms with Gasteiger partial charge in [0.1, 0.15) is 5.00 Å². The van der Waals surface area contributed by atoms with Crippen LogP contribution in [-0.4, -0.2) is 18.3 Å². The van der Waals surface area contributed by atoms with Crippen LogP contribution in [0.1, 0.15) is 51.7 Å². The molecule has 4 nitrogen and oxygen atoms in total. The molecule has 0 amide bonds. The Balaban J connectivity index is 0.00000149. The molecule has 0 N–H and O–H groups in total. The Bertz CT molecular complexity index is 1130. The van der Waals surface area contributed by atoms with Crippen molar-refractivity contribution >= 4 is 43.9 Å². The number of thiophene rings is 1. The number of hydrogen-bond donors (Lipinski definition) is 0. The second-order valence-corrected chi connectivity index (χ2v) is 8.43. The fraction of sp³-hybridized carbons (Fsp3) is 0.231. The fourth-order valence-electron chi connectivity index (χ4n) is 3.75. The van der Waals surface area contributed by atoms with Gasteiger partial charge in [-0.05, 0) is 49.8 Å². The predicted molar refractivity (Wildman–Crippen MR) is 130 cm³/mol. The topological polar surface area (TPSA) is 61.7 Å². The number of esters is 1. The maximum absolute atomic E-state index is 12.9. The van der Waals surface area contributed by atoms with E-state index in [9.17, 15) is 9.90 Å². The third kappa shape index (κ3) is 6.36. The van der Waals surface area contributed by atoms with E-state index in [4.69, 9.17) is 9.73 Å². The Morgan fingerprint density at radius 1 is 1.06 bits per heavy atom. The number of ether oxygens (including phenoxy) is 1. The summed E-state index contributed by atoms with van der Waals surface area (Å²) in [5.74, 6) is -0.454. The molecule has 0 fully saturated rings. The first kappa shape index (κ1) is 25.3. The van der Waals surface area contributed by atoms with Gasteiger partial charge < -0.3 is 9.84 Å².